The Kier molecular flexibility index (Phi) is 4.27. The van der Waals surface area contributed by atoms with Gasteiger partial charge in [0.1, 0.15) is 10.6 Å². The van der Waals surface area contributed by atoms with Crippen LogP contribution in [0.5, 0.6) is 0 Å². The van der Waals surface area contributed by atoms with Gasteiger partial charge in [-0.25, -0.2) is 13.1 Å². The van der Waals surface area contributed by atoms with Crippen LogP contribution in [0.25, 0.3) is 0 Å². The molecule has 6 nitrogen and oxygen atoms in total. The third-order valence-electron chi connectivity index (χ3n) is 3.64. The van der Waals surface area contributed by atoms with Crippen molar-refractivity contribution >= 4 is 10.0 Å². The molecule has 0 aliphatic heterocycles. The largest absolute Gasteiger partial charge is 0.390 e. The van der Waals surface area contributed by atoms with E-state index in [1.54, 1.807) is 6.92 Å². The number of aryl methyl sites for hydroxylation is 1. The van der Waals surface area contributed by atoms with Crippen LogP contribution < -0.4 is 4.72 Å². The third kappa shape index (κ3) is 3.16. The first-order valence-electron chi connectivity index (χ1n) is 6.61. The number of nitrogens with zero attached hydrogens (tertiary/aromatic N) is 1. The van der Waals surface area contributed by atoms with Crippen molar-refractivity contribution < 1.29 is 13.5 Å². The summed E-state index contributed by atoms with van der Waals surface area (Å²) < 4.78 is 27.5. The lowest BCUT2D eigenvalue weighted by Gasteiger charge is -2.27. The van der Waals surface area contributed by atoms with Crippen molar-refractivity contribution in [2.45, 2.75) is 57.1 Å². The predicted octanol–water partition coefficient (Wildman–Crippen LogP) is 1.07. The molecule has 2 rings (SSSR count). The number of aromatic nitrogens is 2. The fourth-order valence-corrected chi connectivity index (χ4v) is 4.39. The number of aromatic amines is 1. The molecule has 1 aromatic heterocycles. The average Bonchev–Trinajstić information content (AvgIpc) is 2.70. The van der Waals surface area contributed by atoms with Crippen LogP contribution in [0, 0.1) is 12.8 Å². The molecule has 1 aromatic rings. The number of aliphatic hydroxyl groups excluding tert-OH is 1. The Labute approximate surface area is 113 Å². The second-order valence-electron chi connectivity index (χ2n) is 5.37. The Morgan fingerprint density at radius 3 is 2.84 bits per heavy atom. The molecule has 1 fully saturated rings. The number of sulfonamides is 1. The van der Waals surface area contributed by atoms with Crippen LogP contribution in [0.2, 0.25) is 0 Å². The van der Waals surface area contributed by atoms with Crippen LogP contribution in [-0.4, -0.2) is 29.8 Å². The molecular formula is C12H21N3O3S. The molecule has 1 heterocycles. The molecule has 1 aliphatic rings. The maximum atomic E-state index is 12.4. The highest BCUT2D eigenvalue weighted by Gasteiger charge is 2.28. The standard InChI is InChI=1S/C12H21N3O3S/c1-8-4-3-5-10(6-8)15-19(17,18)12-9(2)13-14-11(12)7-16/h8,10,15-16H,3-7H2,1-2H3,(H,13,14). The van der Waals surface area contributed by atoms with E-state index in [1.807, 2.05) is 0 Å². The SMILES string of the molecule is Cc1[nH]nc(CO)c1S(=O)(=O)NC1CCCC(C)C1. The minimum atomic E-state index is -3.62. The molecule has 0 saturated heterocycles. The maximum Gasteiger partial charge on any atom is 0.244 e. The van der Waals surface area contributed by atoms with Gasteiger partial charge in [0.15, 0.2) is 0 Å². The van der Waals surface area contributed by atoms with Gasteiger partial charge in [-0.05, 0) is 25.7 Å². The van der Waals surface area contributed by atoms with Crippen LogP contribution in [0.3, 0.4) is 0 Å². The molecule has 1 aliphatic carbocycles. The Hall–Kier alpha value is -0.920. The Balaban J connectivity index is 2.20. The summed E-state index contributed by atoms with van der Waals surface area (Å²) in [5, 5.41) is 15.6. The quantitative estimate of drug-likeness (QED) is 0.772. The van der Waals surface area contributed by atoms with Gasteiger partial charge < -0.3 is 5.11 Å². The lowest BCUT2D eigenvalue weighted by Crippen LogP contribution is -2.38. The predicted molar refractivity (Wildman–Crippen MR) is 71.0 cm³/mol. The molecule has 1 saturated carbocycles. The highest BCUT2D eigenvalue weighted by molar-refractivity contribution is 7.89. The molecule has 0 bridgehead atoms. The van der Waals surface area contributed by atoms with Gasteiger partial charge in [-0.1, -0.05) is 19.8 Å². The van der Waals surface area contributed by atoms with Crippen LogP contribution in [-0.2, 0) is 16.6 Å². The molecule has 0 aromatic carbocycles. The van der Waals surface area contributed by atoms with E-state index < -0.39 is 10.0 Å². The first-order valence-corrected chi connectivity index (χ1v) is 8.09. The Morgan fingerprint density at radius 2 is 2.21 bits per heavy atom. The van der Waals surface area contributed by atoms with E-state index in [9.17, 15) is 8.42 Å². The van der Waals surface area contributed by atoms with Crippen LogP contribution in [0.15, 0.2) is 4.90 Å². The minimum absolute atomic E-state index is 0.0189. The van der Waals surface area contributed by atoms with Crippen molar-refractivity contribution in [1.82, 2.24) is 14.9 Å². The van der Waals surface area contributed by atoms with E-state index >= 15 is 0 Å². The van der Waals surface area contributed by atoms with E-state index in [0.29, 0.717) is 11.6 Å². The molecule has 0 amide bonds. The highest BCUT2D eigenvalue weighted by Crippen LogP contribution is 2.26. The topological polar surface area (TPSA) is 95.1 Å². The fourth-order valence-electron chi connectivity index (χ4n) is 2.75. The lowest BCUT2D eigenvalue weighted by molar-refractivity contribution is 0.273. The Bertz CT molecular complexity index is 538. The van der Waals surface area contributed by atoms with Crippen molar-refractivity contribution in [2.75, 3.05) is 0 Å². The fraction of sp³-hybridized carbons (Fsp3) is 0.750. The van der Waals surface area contributed by atoms with E-state index in [1.165, 1.54) is 0 Å². The molecule has 2 unspecified atom stereocenters. The van der Waals surface area contributed by atoms with Crippen molar-refractivity contribution in [1.29, 1.82) is 0 Å². The zero-order valence-electron chi connectivity index (χ0n) is 11.3. The van der Waals surface area contributed by atoms with Gasteiger partial charge >= 0.3 is 0 Å². The summed E-state index contributed by atoms with van der Waals surface area (Å²) in [4.78, 5) is 0.0910. The van der Waals surface area contributed by atoms with E-state index in [-0.39, 0.29) is 23.2 Å². The van der Waals surface area contributed by atoms with E-state index in [4.69, 9.17) is 5.11 Å². The number of aliphatic hydroxyl groups is 1. The zero-order valence-corrected chi connectivity index (χ0v) is 12.1. The van der Waals surface area contributed by atoms with Crippen LogP contribution >= 0.6 is 0 Å². The molecule has 3 N–H and O–H groups in total. The first kappa shape index (κ1) is 14.5. The van der Waals surface area contributed by atoms with Gasteiger partial charge in [0.05, 0.1) is 12.3 Å². The van der Waals surface area contributed by atoms with Gasteiger partial charge in [-0.3, -0.25) is 5.10 Å². The van der Waals surface area contributed by atoms with Crippen LogP contribution in [0.4, 0.5) is 0 Å². The van der Waals surface area contributed by atoms with Gasteiger partial charge in [0.2, 0.25) is 10.0 Å². The van der Waals surface area contributed by atoms with Gasteiger partial charge in [0, 0.05) is 6.04 Å². The van der Waals surface area contributed by atoms with Gasteiger partial charge in [0.25, 0.3) is 0 Å². The first-order chi connectivity index (χ1) is 8.94. The smallest absolute Gasteiger partial charge is 0.244 e. The average molecular weight is 287 g/mol. The number of hydrogen-bond acceptors (Lipinski definition) is 4. The summed E-state index contributed by atoms with van der Waals surface area (Å²) in [6, 6.07) is -0.0189. The van der Waals surface area contributed by atoms with Crippen molar-refractivity contribution in [3.05, 3.63) is 11.4 Å². The second-order valence-corrected chi connectivity index (χ2v) is 7.02. The van der Waals surface area contributed by atoms with Gasteiger partial charge in [-0.2, -0.15) is 5.10 Å². The minimum Gasteiger partial charge on any atom is -0.390 e. The Morgan fingerprint density at radius 1 is 1.47 bits per heavy atom. The number of hydrogen-bond donors (Lipinski definition) is 3. The number of rotatable bonds is 4. The molecule has 7 heteroatoms. The van der Waals surface area contributed by atoms with Crippen molar-refractivity contribution in [3.63, 3.8) is 0 Å². The summed E-state index contributed by atoms with van der Waals surface area (Å²) in [5.74, 6) is 0.546. The summed E-state index contributed by atoms with van der Waals surface area (Å²) in [6.07, 6.45) is 3.94. The zero-order chi connectivity index (χ0) is 14.0. The maximum absolute atomic E-state index is 12.4. The molecule has 108 valence electrons. The lowest BCUT2D eigenvalue weighted by atomic mass is 9.88. The van der Waals surface area contributed by atoms with Crippen molar-refractivity contribution in [3.8, 4) is 0 Å². The third-order valence-corrected chi connectivity index (χ3v) is 5.36. The molecule has 2 atom stereocenters. The van der Waals surface area contributed by atoms with Crippen molar-refractivity contribution in [2.24, 2.45) is 5.92 Å². The summed E-state index contributed by atoms with van der Waals surface area (Å²) in [7, 11) is -3.62. The molecule has 19 heavy (non-hydrogen) atoms. The highest BCUT2D eigenvalue weighted by atomic mass is 32.2. The molecule has 0 radical (unpaired) electrons. The monoisotopic (exact) mass is 287 g/mol. The summed E-state index contributed by atoms with van der Waals surface area (Å²) >= 11 is 0. The van der Waals surface area contributed by atoms with E-state index in [2.05, 4.69) is 21.8 Å². The number of nitrogens with one attached hydrogen (secondary N) is 2. The molecule has 0 spiro atoms. The number of H-pyrrole nitrogens is 1. The van der Waals surface area contributed by atoms with E-state index in [0.717, 1.165) is 25.7 Å². The molecular weight excluding hydrogens is 266 g/mol. The summed E-state index contributed by atoms with van der Waals surface area (Å²) in [5.41, 5.74) is 0.634. The van der Waals surface area contributed by atoms with Crippen LogP contribution in [0.1, 0.15) is 44.0 Å². The second kappa shape index (κ2) is 5.60. The summed E-state index contributed by atoms with van der Waals surface area (Å²) in [6.45, 7) is 3.40. The van der Waals surface area contributed by atoms with Gasteiger partial charge in [-0.15, -0.1) is 0 Å². The normalized spacial score (nSPS) is 24.6.